The Morgan fingerprint density at radius 2 is 2.14 bits per heavy atom. The summed E-state index contributed by atoms with van der Waals surface area (Å²) in [4.78, 5) is 2.28. The van der Waals surface area contributed by atoms with Gasteiger partial charge < -0.3 is 9.26 Å². The van der Waals surface area contributed by atoms with Crippen LogP contribution in [0.15, 0.2) is 30.3 Å². The van der Waals surface area contributed by atoms with Gasteiger partial charge in [0.1, 0.15) is 11.5 Å². The summed E-state index contributed by atoms with van der Waals surface area (Å²) in [5.74, 6) is 0.103. The summed E-state index contributed by atoms with van der Waals surface area (Å²) in [5.41, 5.74) is 0.632. The molecule has 5 heteroatoms. The number of ether oxygens (including phenoxy) is 1. The molecule has 0 aliphatic carbocycles. The fourth-order valence-corrected chi connectivity index (χ4v) is 7.20. The van der Waals surface area contributed by atoms with Crippen LogP contribution in [-0.2, 0) is 13.8 Å². The molecule has 4 nitrogen and oxygen atoms in total. The Balaban J connectivity index is 2.08. The first-order valence-electron chi connectivity index (χ1n) is 7.72. The number of hydrogen-bond donors (Lipinski definition) is 0. The minimum absolute atomic E-state index is 0.177. The normalized spacial score (nSPS) is 36.3. The Kier molecular flexibility index (Phi) is 4.00. The number of rotatable bonds is 4. The van der Waals surface area contributed by atoms with Gasteiger partial charge in [0.15, 0.2) is 0 Å². The molecule has 2 aliphatic heterocycles. The molecule has 116 valence electrons. The second-order valence-corrected chi connectivity index (χ2v) is 8.64. The zero-order valence-electron chi connectivity index (χ0n) is 13.0. The molecule has 3 rings (SSSR count). The Bertz CT molecular complexity index is 548. The monoisotopic (exact) mass is 309 g/mol. The molecule has 1 aromatic carbocycles. The molecule has 0 saturated carbocycles. The van der Waals surface area contributed by atoms with E-state index in [9.17, 15) is 4.57 Å². The highest BCUT2D eigenvalue weighted by Gasteiger charge is 2.63. The molecule has 0 amide bonds. The van der Waals surface area contributed by atoms with Crippen LogP contribution in [0.25, 0.3) is 0 Å². The standard InChI is InChI=1S/C16H24NO3P/c1-4-20-21(18)12-16(13(2)3)17(10-11-19-16)15(21)14-8-6-5-7-9-14/h5-9,13,15H,4,10-12H2,1-3H3. The van der Waals surface area contributed by atoms with Gasteiger partial charge in [0.2, 0.25) is 7.37 Å². The maximum atomic E-state index is 13.5. The molecule has 1 aromatic rings. The Labute approximate surface area is 126 Å². The van der Waals surface area contributed by atoms with Gasteiger partial charge in [-0.05, 0) is 18.4 Å². The molecule has 2 heterocycles. The van der Waals surface area contributed by atoms with Gasteiger partial charge in [0.25, 0.3) is 0 Å². The van der Waals surface area contributed by atoms with Crippen molar-refractivity contribution < 1.29 is 13.8 Å². The van der Waals surface area contributed by atoms with E-state index in [2.05, 4.69) is 18.7 Å². The van der Waals surface area contributed by atoms with E-state index in [1.54, 1.807) is 0 Å². The van der Waals surface area contributed by atoms with Crippen LogP contribution >= 0.6 is 7.37 Å². The zero-order chi connectivity index (χ0) is 15.1. The third kappa shape index (κ3) is 2.29. The topological polar surface area (TPSA) is 38.8 Å². The molecular weight excluding hydrogens is 285 g/mol. The zero-order valence-corrected chi connectivity index (χ0v) is 13.9. The summed E-state index contributed by atoms with van der Waals surface area (Å²) in [6, 6.07) is 10.1. The van der Waals surface area contributed by atoms with Crippen molar-refractivity contribution in [3.63, 3.8) is 0 Å². The average Bonchev–Trinajstić information content (AvgIpc) is 2.94. The SMILES string of the molecule is CCOP1(=O)CC2(C(C)C)OCCN2C1c1ccccc1. The van der Waals surface area contributed by atoms with Crippen LogP contribution in [0.3, 0.4) is 0 Å². The summed E-state index contributed by atoms with van der Waals surface area (Å²) < 4.78 is 25.4. The van der Waals surface area contributed by atoms with E-state index in [4.69, 9.17) is 9.26 Å². The fourth-order valence-electron chi connectivity index (χ4n) is 3.72. The summed E-state index contributed by atoms with van der Waals surface area (Å²) >= 11 is 0. The van der Waals surface area contributed by atoms with Crippen LogP contribution in [0.1, 0.15) is 32.1 Å². The van der Waals surface area contributed by atoms with Gasteiger partial charge in [-0.15, -0.1) is 0 Å². The molecule has 3 unspecified atom stereocenters. The molecule has 0 bridgehead atoms. The minimum atomic E-state index is -2.80. The Hall–Kier alpha value is -0.670. The number of nitrogens with zero attached hydrogens (tertiary/aromatic N) is 1. The third-order valence-electron chi connectivity index (χ3n) is 4.63. The molecule has 0 spiro atoms. The van der Waals surface area contributed by atoms with Crippen LogP contribution in [0.4, 0.5) is 0 Å². The van der Waals surface area contributed by atoms with Crippen LogP contribution in [0.2, 0.25) is 0 Å². The van der Waals surface area contributed by atoms with Crippen LogP contribution in [0.5, 0.6) is 0 Å². The smallest absolute Gasteiger partial charge is 0.228 e. The van der Waals surface area contributed by atoms with Crippen molar-refractivity contribution in [3.8, 4) is 0 Å². The maximum absolute atomic E-state index is 13.5. The van der Waals surface area contributed by atoms with Crippen molar-refractivity contribution in [1.29, 1.82) is 0 Å². The van der Waals surface area contributed by atoms with Crippen molar-refractivity contribution in [2.75, 3.05) is 25.9 Å². The summed E-state index contributed by atoms with van der Waals surface area (Å²) in [6.07, 6.45) is 0.491. The molecule has 2 saturated heterocycles. The number of fused-ring (bicyclic) bond motifs is 1. The van der Waals surface area contributed by atoms with E-state index in [0.29, 0.717) is 19.4 Å². The summed E-state index contributed by atoms with van der Waals surface area (Å²) in [7, 11) is -2.80. The van der Waals surface area contributed by atoms with Gasteiger partial charge >= 0.3 is 0 Å². The molecule has 3 atom stereocenters. The highest BCUT2D eigenvalue weighted by molar-refractivity contribution is 7.59. The van der Waals surface area contributed by atoms with E-state index in [-0.39, 0.29) is 11.7 Å². The van der Waals surface area contributed by atoms with Crippen molar-refractivity contribution in [1.82, 2.24) is 4.90 Å². The first kappa shape index (κ1) is 15.2. The fraction of sp³-hybridized carbons (Fsp3) is 0.625. The van der Waals surface area contributed by atoms with Gasteiger partial charge in [0.05, 0.1) is 19.4 Å². The molecule has 2 fully saturated rings. The van der Waals surface area contributed by atoms with E-state index in [0.717, 1.165) is 12.1 Å². The van der Waals surface area contributed by atoms with Crippen LogP contribution in [0, 0.1) is 5.92 Å². The number of benzene rings is 1. The highest BCUT2D eigenvalue weighted by Crippen LogP contribution is 2.71. The summed E-state index contributed by atoms with van der Waals surface area (Å²) in [5, 5.41) is 0. The van der Waals surface area contributed by atoms with Gasteiger partial charge in [-0.2, -0.15) is 0 Å². The lowest BCUT2D eigenvalue weighted by molar-refractivity contribution is -0.0928. The third-order valence-corrected chi connectivity index (χ3v) is 7.54. The molecule has 21 heavy (non-hydrogen) atoms. The summed E-state index contributed by atoms with van der Waals surface area (Å²) in [6.45, 7) is 8.18. The van der Waals surface area contributed by atoms with E-state index in [1.165, 1.54) is 0 Å². The molecule has 0 N–H and O–H groups in total. The van der Waals surface area contributed by atoms with E-state index < -0.39 is 13.1 Å². The molecule has 0 radical (unpaired) electrons. The Morgan fingerprint density at radius 3 is 2.76 bits per heavy atom. The van der Waals surface area contributed by atoms with Gasteiger partial charge in [-0.25, -0.2) is 0 Å². The van der Waals surface area contributed by atoms with Crippen molar-refractivity contribution in [3.05, 3.63) is 35.9 Å². The minimum Gasteiger partial charge on any atom is -0.358 e. The van der Waals surface area contributed by atoms with Crippen molar-refractivity contribution >= 4 is 7.37 Å². The second-order valence-electron chi connectivity index (χ2n) is 6.13. The van der Waals surface area contributed by atoms with Gasteiger partial charge in [-0.3, -0.25) is 9.46 Å². The predicted molar refractivity (Wildman–Crippen MR) is 83.5 cm³/mol. The van der Waals surface area contributed by atoms with E-state index in [1.807, 2.05) is 37.3 Å². The maximum Gasteiger partial charge on any atom is 0.228 e. The van der Waals surface area contributed by atoms with Gasteiger partial charge in [0, 0.05) is 6.54 Å². The van der Waals surface area contributed by atoms with Crippen LogP contribution < -0.4 is 0 Å². The van der Waals surface area contributed by atoms with Crippen molar-refractivity contribution in [2.24, 2.45) is 5.92 Å². The lowest BCUT2D eigenvalue weighted by Gasteiger charge is -2.35. The first-order chi connectivity index (χ1) is 10.0. The quantitative estimate of drug-likeness (QED) is 0.795. The average molecular weight is 309 g/mol. The predicted octanol–water partition coefficient (Wildman–Crippen LogP) is 3.70. The van der Waals surface area contributed by atoms with Gasteiger partial charge in [-0.1, -0.05) is 44.2 Å². The lowest BCUT2D eigenvalue weighted by atomic mass is 9.99. The molecule has 2 aliphatic rings. The number of hydrogen-bond acceptors (Lipinski definition) is 4. The lowest BCUT2D eigenvalue weighted by Crippen LogP contribution is -2.47. The van der Waals surface area contributed by atoms with E-state index >= 15 is 0 Å². The van der Waals surface area contributed by atoms with Crippen molar-refractivity contribution in [2.45, 2.75) is 32.3 Å². The Morgan fingerprint density at radius 1 is 1.43 bits per heavy atom. The highest BCUT2D eigenvalue weighted by atomic mass is 31.2. The van der Waals surface area contributed by atoms with Crippen LogP contribution in [-0.4, -0.2) is 36.5 Å². The first-order valence-corrected chi connectivity index (χ1v) is 9.60. The largest absolute Gasteiger partial charge is 0.358 e. The second kappa shape index (κ2) is 5.51. The molecular formula is C16H24NO3P. The molecule has 0 aromatic heterocycles.